The van der Waals surface area contributed by atoms with Gasteiger partial charge in [0.15, 0.2) is 0 Å². The summed E-state index contributed by atoms with van der Waals surface area (Å²) >= 11 is 6.44. The summed E-state index contributed by atoms with van der Waals surface area (Å²) < 4.78 is 48.4. The van der Waals surface area contributed by atoms with Crippen LogP contribution in [0.15, 0.2) is 0 Å². The molecule has 3 heterocycles. The van der Waals surface area contributed by atoms with Gasteiger partial charge in [-0.3, -0.25) is 57.5 Å². The van der Waals surface area contributed by atoms with Crippen molar-refractivity contribution in [3.63, 3.8) is 0 Å². The third-order valence-electron chi connectivity index (χ3n) is 23.5. The zero-order chi connectivity index (χ0) is 75.1. The van der Waals surface area contributed by atoms with Crippen molar-refractivity contribution < 1.29 is 75.4 Å². The van der Waals surface area contributed by atoms with Gasteiger partial charge in [0.2, 0.25) is 70.9 Å². The number of rotatable bonds is 13. The number of likely N-dealkylation sites (tertiary alicyclic amines) is 1. The number of nitrogens with zero attached hydrogens (tertiary/aromatic N) is 9. The average Bonchev–Trinajstić information content (AvgIpc) is 1.37. The number of nitrogens with one attached hydrogen (secondary N) is 3. The fraction of sp³-hybridized carbons (Fsp3) is 0.836. The van der Waals surface area contributed by atoms with Crippen LogP contribution < -0.4 is 16.0 Å². The SMILES string of the molecule is CCC[C@H]1C(=O)N[C@@H]([C@@H](C)CC)C(=O)N(C)CC(=O)N(C)CC(=O)N(C)[C@@H](CC2CCCCC2)C(=O)N(C)CC(=O)N[C@@H](CCC2CCC(C(F)(F)F)C(Cl)C2)C(=O)N2C[C@H](OCC)C[C@H]2C(=O)NC2(CCCC2)C(=O)N(C)[C@@H](C2CCCCC2)C(=O)N(C)[C@H](C(=O)N2CCCC2)CC(=O)N1C. The fourth-order valence-corrected chi connectivity index (χ4v) is 17.4. The number of ether oxygens (including phenoxy) is 1. The monoisotopic (exact) mass is 1460 g/mol. The predicted octanol–water partition coefficient (Wildman–Crippen LogP) is 5.86. The van der Waals surface area contributed by atoms with Crippen molar-refractivity contribution in [1.29, 1.82) is 0 Å². The molecular weight excluding hydrogens is 1350 g/mol. The van der Waals surface area contributed by atoms with Crippen molar-refractivity contribution in [3.05, 3.63) is 0 Å². The fourth-order valence-electron chi connectivity index (χ4n) is 16.9. The van der Waals surface area contributed by atoms with E-state index in [0.29, 0.717) is 64.5 Å². The number of fused-ring (bicyclic) bond motifs is 1. The molecule has 4 saturated carbocycles. The zero-order valence-corrected chi connectivity index (χ0v) is 63.2. The van der Waals surface area contributed by atoms with Crippen molar-refractivity contribution in [2.45, 2.75) is 267 Å². The Morgan fingerprint density at radius 2 is 1.22 bits per heavy atom. The molecule has 102 heavy (non-hydrogen) atoms. The molecule has 0 aromatic rings. The van der Waals surface area contributed by atoms with Crippen molar-refractivity contribution in [3.8, 4) is 0 Å². The molecular formula is C73H118ClF3N12O13. The van der Waals surface area contributed by atoms with Gasteiger partial charge in [-0.05, 0) is 114 Å². The summed E-state index contributed by atoms with van der Waals surface area (Å²) in [5.74, 6) is -10.6. The van der Waals surface area contributed by atoms with Gasteiger partial charge >= 0.3 is 6.18 Å². The van der Waals surface area contributed by atoms with E-state index < -0.39 is 180 Å². The van der Waals surface area contributed by atoms with E-state index in [0.717, 1.165) is 66.1 Å². The van der Waals surface area contributed by atoms with E-state index in [2.05, 4.69) is 16.0 Å². The number of hydrogen-bond donors (Lipinski definition) is 3. The molecule has 3 N–H and O–H groups in total. The number of carbonyl (C=O) groups is 12. The largest absolute Gasteiger partial charge is 0.393 e. The lowest BCUT2D eigenvalue weighted by Gasteiger charge is -2.43. The summed E-state index contributed by atoms with van der Waals surface area (Å²) in [5, 5.41) is 7.61. The maximum Gasteiger partial charge on any atom is 0.393 e. The Morgan fingerprint density at radius 3 is 1.81 bits per heavy atom. The normalized spacial score (nSPS) is 30.3. The van der Waals surface area contributed by atoms with Gasteiger partial charge in [-0.15, -0.1) is 11.6 Å². The topological polar surface area (TPSA) is 279 Å². The molecule has 0 aromatic carbocycles. The molecule has 29 heteroatoms. The smallest absolute Gasteiger partial charge is 0.377 e. The molecule has 3 saturated heterocycles. The number of alkyl halides is 4. The Kier molecular flexibility index (Phi) is 30.6. The third-order valence-corrected chi connectivity index (χ3v) is 24.0. The Bertz CT molecular complexity index is 2940. The number of amides is 12. The number of carbonyl (C=O) groups excluding carboxylic acids is 12. The molecule has 3 aliphatic heterocycles. The molecule has 7 aliphatic rings. The Morgan fingerprint density at radius 1 is 0.608 bits per heavy atom. The number of halogens is 4. The average molecular weight is 1460 g/mol. The van der Waals surface area contributed by atoms with E-state index in [1.54, 1.807) is 18.7 Å². The Labute approximate surface area is 606 Å². The third kappa shape index (κ3) is 20.8. The number of hydrogen-bond acceptors (Lipinski definition) is 13. The first-order chi connectivity index (χ1) is 48.3. The van der Waals surface area contributed by atoms with Gasteiger partial charge in [-0.2, -0.15) is 13.2 Å². The van der Waals surface area contributed by atoms with E-state index in [4.69, 9.17) is 16.3 Å². The summed E-state index contributed by atoms with van der Waals surface area (Å²) in [5.41, 5.74) is -1.60. The highest BCUT2D eigenvalue weighted by Crippen LogP contribution is 2.44. The standard InChI is InChI=1S/C73H118ClF3N12O13/c1-12-25-54-64(94)79-62(46(4)13-2)69(99)83(7)44-60(92)81(5)45-61(93)85(9)56(39-47-26-17-15-18-27-47)67(97)82(6)43-58(90)78-53(33-31-48-30-32-51(52(74)38-48)73(75,76)77)66(96)89-42-50(102-14-3)40-55(89)65(95)80-72(34-21-22-35-72)71(101)87(11)63(49-28-19-16-20-29-49)70(100)86(10)57(41-59(91)84(54)8)68(98)88-36-23-24-37-88/h46-57,62-63H,12-45H2,1-11H3,(H,78,90)(H,79,94)(H,80,95)/t46-,48?,50+,51?,52?,53-,54-,55-,56-,57-,62-,63-/m0/s1. The van der Waals surface area contributed by atoms with Crippen LogP contribution in [0, 0.1) is 29.6 Å². The maximum atomic E-state index is 15.8. The second-order valence-electron chi connectivity index (χ2n) is 30.7. The lowest BCUT2D eigenvalue weighted by Crippen LogP contribution is -2.65. The van der Waals surface area contributed by atoms with Crippen LogP contribution in [0.3, 0.4) is 0 Å². The molecule has 7 fully saturated rings. The van der Waals surface area contributed by atoms with E-state index in [-0.39, 0.29) is 89.2 Å². The number of likely N-dealkylation sites (N-methyl/N-ethyl adjacent to an activating group) is 7. The van der Waals surface area contributed by atoms with E-state index in [1.165, 1.54) is 73.8 Å². The first kappa shape index (κ1) is 83.0. The summed E-state index contributed by atoms with van der Waals surface area (Å²) in [6.07, 6.45) is 5.88. The van der Waals surface area contributed by atoms with Crippen LogP contribution in [-0.2, 0) is 62.3 Å². The molecule has 25 nitrogen and oxygen atoms in total. The van der Waals surface area contributed by atoms with Crippen molar-refractivity contribution in [2.75, 3.05) is 95.2 Å². The molecule has 3 unspecified atom stereocenters. The molecule has 576 valence electrons. The second-order valence-corrected chi connectivity index (χ2v) is 31.2. The van der Waals surface area contributed by atoms with Crippen LogP contribution in [0.5, 0.6) is 0 Å². The van der Waals surface area contributed by atoms with Gasteiger partial charge in [0, 0.05) is 87.4 Å². The predicted molar refractivity (Wildman–Crippen MR) is 376 cm³/mol. The first-order valence-electron chi connectivity index (χ1n) is 37.9. The molecule has 0 radical (unpaired) electrons. The van der Waals surface area contributed by atoms with E-state index in [1.807, 2.05) is 13.8 Å². The molecule has 12 amide bonds. The lowest BCUT2D eigenvalue weighted by molar-refractivity contribution is -0.182. The molecule has 12 atom stereocenters. The summed E-state index contributed by atoms with van der Waals surface area (Å²) in [4.78, 5) is 192. The van der Waals surface area contributed by atoms with Gasteiger partial charge in [-0.1, -0.05) is 97.8 Å². The molecule has 7 rings (SSSR count). The van der Waals surface area contributed by atoms with Crippen molar-refractivity contribution >= 4 is 82.5 Å². The molecule has 1 spiro atoms. The van der Waals surface area contributed by atoms with Gasteiger partial charge in [-0.25, -0.2) is 0 Å². The minimum absolute atomic E-state index is 0.0177. The maximum absolute atomic E-state index is 15.8. The van der Waals surface area contributed by atoms with Crippen LogP contribution in [0.2, 0.25) is 0 Å². The molecule has 0 bridgehead atoms. The molecule has 4 aliphatic carbocycles. The van der Waals surface area contributed by atoms with Crippen LogP contribution in [-0.4, -0.2) is 276 Å². The summed E-state index contributed by atoms with van der Waals surface area (Å²) in [6.45, 7) is 6.36. The minimum Gasteiger partial charge on any atom is -0.377 e. The zero-order valence-electron chi connectivity index (χ0n) is 62.5. The molecule has 0 aromatic heterocycles. The van der Waals surface area contributed by atoms with Gasteiger partial charge in [0.05, 0.1) is 38.1 Å². The van der Waals surface area contributed by atoms with Gasteiger partial charge in [0.25, 0.3) is 0 Å². The van der Waals surface area contributed by atoms with E-state index >= 15 is 19.2 Å². The van der Waals surface area contributed by atoms with E-state index in [9.17, 15) is 51.5 Å². The highest BCUT2D eigenvalue weighted by Gasteiger charge is 2.53. The summed E-state index contributed by atoms with van der Waals surface area (Å²) in [7, 11) is 10.0. The second kappa shape index (κ2) is 37.6. The van der Waals surface area contributed by atoms with Gasteiger partial charge in [0.1, 0.15) is 47.8 Å². The Hall–Kier alpha value is -6.32. The lowest BCUT2D eigenvalue weighted by atomic mass is 9.78. The Balaban J connectivity index is 1.29. The highest BCUT2D eigenvalue weighted by molar-refractivity contribution is 6.21. The van der Waals surface area contributed by atoms with Crippen LogP contribution in [0.1, 0.15) is 201 Å². The quantitative estimate of drug-likeness (QED) is 0.182. The van der Waals surface area contributed by atoms with Crippen molar-refractivity contribution in [2.24, 2.45) is 29.6 Å². The highest BCUT2D eigenvalue weighted by atomic mass is 35.5. The van der Waals surface area contributed by atoms with Crippen LogP contribution >= 0.6 is 11.6 Å². The van der Waals surface area contributed by atoms with Crippen LogP contribution in [0.25, 0.3) is 0 Å². The minimum atomic E-state index is -4.52. The first-order valence-corrected chi connectivity index (χ1v) is 38.3. The van der Waals surface area contributed by atoms with Crippen molar-refractivity contribution in [1.82, 2.24) is 60.0 Å². The van der Waals surface area contributed by atoms with Crippen LogP contribution in [0.4, 0.5) is 13.2 Å². The van der Waals surface area contributed by atoms with Gasteiger partial charge < -0.3 is 64.8 Å². The summed E-state index contributed by atoms with van der Waals surface area (Å²) in [6, 6.07) is -8.74.